The zero-order valence-electron chi connectivity index (χ0n) is 25.0. The molecule has 0 saturated heterocycles. The summed E-state index contributed by atoms with van der Waals surface area (Å²) in [7, 11) is 13.4. The number of nitrogens with zero attached hydrogens (tertiary/aromatic N) is 1. The first kappa shape index (κ1) is 27.7. The molecule has 11 heteroatoms. The minimum atomic E-state index is -1.51. The second kappa shape index (κ2) is 9.64. The van der Waals surface area contributed by atoms with Crippen LogP contribution in [0, 0.1) is 0 Å². The van der Waals surface area contributed by atoms with E-state index in [9.17, 15) is 10.0 Å². The standard InChI is InChI=1S/C28H33B8NO2/c1-28(2,3)14-8-4-12(5-9-14)13-6-10-15(11-7-13)37-26-16(18(29)20(31)21(32)23(26)34)17-19(30)25(36(38)39)22(33)24(35)27(17)37/h4-11,38-39H,29-35H2,1-3H3. The molecule has 39 heavy (non-hydrogen) atoms. The maximum Gasteiger partial charge on any atom is 0.487 e. The normalized spacial score (nSPS) is 11.9. The van der Waals surface area contributed by atoms with Gasteiger partial charge in [0.2, 0.25) is 0 Å². The maximum atomic E-state index is 10.3. The monoisotopic (exact) mass is 503 g/mol. The predicted molar refractivity (Wildman–Crippen MR) is 192 cm³/mol. The predicted octanol–water partition coefficient (Wildman–Crippen LogP) is -6.76. The number of hydrogen-bond donors (Lipinski definition) is 2. The van der Waals surface area contributed by atoms with Crippen LogP contribution < -0.4 is 43.7 Å². The molecule has 0 saturated carbocycles. The van der Waals surface area contributed by atoms with Crippen LogP contribution in [0.15, 0.2) is 48.5 Å². The van der Waals surface area contributed by atoms with Crippen LogP contribution in [-0.2, 0) is 5.41 Å². The molecule has 0 atom stereocenters. The third kappa shape index (κ3) is 4.26. The zero-order chi connectivity index (χ0) is 28.5. The van der Waals surface area contributed by atoms with Gasteiger partial charge in [-0.25, -0.2) is 0 Å². The SMILES string of the molecule is Bc1c(B)c(B)c2c(c1B)c1c(B)c(B(O)O)c(B)c(B)c1n2-c1ccc(-c2ccc(C(C)(C)C)cc2)cc1. The van der Waals surface area contributed by atoms with E-state index >= 15 is 0 Å². The van der Waals surface area contributed by atoms with Crippen molar-refractivity contribution < 1.29 is 10.0 Å². The highest BCUT2D eigenvalue weighted by molar-refractivity contribution is 6.76. The van der Waals surface area contributed by atoms with E-state index in [0.717, 1.165) is 33.0 Å². The number of aromatic nitrogens is 1. The summed E-state index contributed by atoms with van der Waals surface area (Å²) >= 11 is 0. The fourth-order valence-electron chi connectivity index (χ4n) is 6.35. The van der Waals surface area contributed by atoms with E-state index in [2.05, 4.69) is 113 Å². The molecule has 0 aliphatic rings. The van der Waals surface area contributed by atoms with E-state index in [-0.39, 0.29) is 5.41 Å². The quantitative estimate of drug-likeness (QED) is 0.241. The van der Waals surface area contributed by atoms with Crippen molar-refractivity contribution in [3.63, 3.8) is 0 Å². The molecule has 0 amide bonds. The van der Waals surface area contributed by atoms with Gasteiger partial charge >= 0.3 is 7.12 Å². The van der Waals surface area contributed by atoms with E-state index in [1.165, 1.54) is 49.4 Å². The highest BCUT2D eigenvalue weighted by Crippen LogP contribution is 2.30. The van der Waals surface area contributed by atoms with Crippen LogP contribution in [0.3, 0.4) is 0 Å². The largest absolute Gasteiger partial charge is 0.487 e. The van der Waals surface area contributed by atoms with Gasteiger partial charge in [-0.1, -0.05) is 89.9 Å². The lowest BCUT2D eigenvalue weighted by Gasteiger charge is -2.19. The Hall–Kier alpha value is -2.88. The van der Waals surface area contributed by atoms with Crippen LogP contribution in [0.4, 0.5) is 0 Å². The topological polar surface area (TPSA) is 45.4 Å². The van der Waals surface area contributed by atoms with Crippen molar-refractivity contribution in [1.29, 1.82) is 0 Å². The Bertz CT molecular complexity index is 1770. The summed E-state index contributed by atoms with van der Waals surface area (Å²) < 4.78 is 2.40. The lowest BCUT2D eigenvalue weighted by Crippen LogP contribution is -2.56. The molecule has 5 rings (SSSR count). The molecular weight excluding hydrogens is 469 g/mol. The summed E-state index contributed by atoms with van der Waals surface area (Å²) in [6, 6.07) is 17.8. The minimum absolute atomic E-state index is 0.130. The average molecular weight is 502 g/mol. The van der Waals surface area contributed by atoms with Crippen molar-refractivity contribution in [2.75, 3.05) is 0 Å². The first-order valence-electron chi connectivity index (χ1n) is 13.9. The fourth-order valence-corrected chi connectivity index (χ4v) is 6.35. The van der Waals surface area contributed by atoms with Crippen LogP contribution in [0.5, 0.6) is 0 Å². The number of fused-ring (bicyclic) bond motifs is 3. The summed E-state index contributed by atoms with van der Waals surface area (Å²) in [5.74, 6) is 0. The Morgan fingerprint density at radius 3 is 1.49 bits per heavy atom. The molecule has 1 aromatic heterocycles. The summed E-state index contributed by atoms with van der Waals surface area (Å²) in [5.41, 5.74) is 16.0. The van der Waals surface area contributed by atoms with Crippen LogP contribution in [-0.4, -0.2) is 76.7 Å². The molecule has 0 unspecified atom stereocenters. The van der Waals surface area contributed by atoms with Gasteiger partial charge in [0.15, 0.2) is 0 Å². The van der Waals surface area contributed by atoms with E-state index in [4.69, 9.17) is 0 Å². The van der Waals surface area contributed by atoms with Crippen molar-refractivity contribution in [2.24, 2.45) is 0 Å². The molecule has 4 aromatic carbocycles. The Morgan fingerprint density at radius 1 is 0.564 bits per heavy atom. The molecule has 2 N–H and O–H groups in total. The molecule has 0 bridgehead atoms. The van der Waals surface area contributed by atoms with Gasteiger partial charge in [-0.2, -0.15) is 0 Å². The molecule has 5 aromatic rings. The fraction of sp³-hybridized carbons (Fsp3) is 0.143. The average Bonchev–Trinajstić information content (AvgIpc) is 3.26. The molecule has 3 nitrogen and oxygen atoms in total. The third-order valence-electron chi connectivity index (χ3n) is 9.16. The van der Waals surface area contributed by atoms with E-state index in [0.29, 0.717) is 5.46 Å². The maximum absolute atomic E-state index is 10.3. The van der Waals surface area contributed by atoms with Gasteiger partial charge < -0.3 is 14.6 Å². The van der Waals surface area contributed by atoms with E-state index in [1.807, 2.05) is 15.7 Å². The first-order chi connectivity index (χ1) is 18.3. The minimum Gasteiger partial charge on any atom is -0.423 e. The number of hydrogen-bond acceptors (Lipinski definition) is 2. The van der Waals surface area contributed by atoms with E-state index < -0.39 is 7.12 Å². The van der Waals surface area contributed by atoms with Gasteiger partial charge in [-0.15, -0.1) is 5.46 Å². The Labute approximate surface area is 238 Å². The highest BCUT2D eigenvalue weighted by Gasteiger charge is 2.27. The second-order valence-corrected chi connectivity index (χ2v) is 12.3. The van der Waals surface area contributed by atoms with Crippen molar-refractivity contribution in [2.45, 2.75) is 26.2 Å². The summed E-state index contributed by atoms with van der Waals surface area (Å²) in [6.45, 7) is 6.72. The zero-order valence-corrected chi connectivity index (χ0v) is 25.0. The van der Waals surface area contributed by atoms with Crippen LogP contribution in [0.1, 0.15) is 26.3 Å². The highest BCUT2D eigenvalue weighted by atomic mass is 16.4. The Balaban J connectivity index is 1.82. The number of rotatable bonds is 3. The number of benzene rings is 4. The molecule has 186 valence electrons. The molecule has 0 aliphatic carbocycles. The summed E-state index contributed by atoms with van der Waals surface area (Å²) in [4.78, 5) is 0. The molecule has 0 spiro atoms. The van der Waals surface area contributed by atoms with Crippen LogP contribution >= 0.6 is 0 Å². The molecule has 0 fully saturated rings. The summed E-state index contributed by atoms with van der Waals surface area (Å²) in [6.07, 6.45) is 0. The molecule has 0 radical (unpaired) electrons. The third-order valence-corrected chi connectivity index (χ3v) is 9.16. The van der Waals surface area contributed by atoms with Crippen molar-refractivity contribution in [3.8, 4) is 16.8 Å². The van der Waals surface area contributed by atoms with Crippen molar-refractivity contribution in [1.82, 2.24) is 4.57 Å². The summed E-state index contributed by atoms with van der Waals surface area (Å²) in [5, 5.41) is 23.0. The van der Waals surface area contributed by atoms with Gasteiger partial charge in [0.25, 0.3) is 0 Å². The molecule has 1 heterocycles. The smallest absolute Gasteiger partial charge is 0.423 e. The van der Waals surface area contributed by atoms with Crippen molar-refractivity contribution in [3.05, 3.63) is 54.1 Å². The molecular formula is C28H33B8NO2. The van der Waals surface area contributed by atoms with Crippen LogP contribution in [0.2, 0.25) is 0 Å². The van der Waals surface area contributed by atoms with Crippen molar-refractivity contribution >= 4 is 128 Å². The Kier molecular flexibility index (Phi) is 6.84. The first-order valence-corrected chi connectivity index (χ1v) is 13.9. The van der Waals surface area contributed by atoms with Gasteiger partial charge in [0, 0.05) is 16.7 Å². The lowest BCUT2D eigenvalue weighted by atomic mass is 9.59. The molecule has 0 aliphatic heterocycles. The van der Waals surface area contributed by atoms with Gasteiger partial charge in [-0.05, 0) is 50.5 Å². The van der Waals surface area contributed by atoms with Gasteiger partial charge in [-0.3, -0.25) is 0 Å². The lowest BCUT2D eigenvalue weighted by molar-refractivity contribution is 0.426. The Morgan fingerprint density at radius 2 is 1.00 bits per heavy atom. The second-order valence-electron chi connectivity index (χ2n) is 12.3. The van der Waals surface area contributed by atoms with E-state index in [1.54, 1.807) is 0 Å². The van der Waals surface area contributed by atoms with Gasteiger partial charge in [0.05, 0.1) is 0 Å². The van der Waals surface area contributed by atoms with Crippen LogP contribution in [0.25, 0.3) is 38.6 Å². The van der Waals surface area contributed by atoms with Gasteiger partial charge in [0.1, 0.15) is 54.9 Å².